The molecule has 0 aromatic heterocycles. The molecular weight excluding hydrogens is 512 g/mol. The van der Waals surface area contributed by atoms with E-state index in [0.29, 0.717) is 30.8 Å². The summed E-state index contributed by atoms with van der Waals surface area (Å²) in [4.78, 5) is 12.5. The Hall–Kier alpha value is -1.81. The molecule has 0 aromatic rings. The first-order valence-electron chi connectivity index (χ1n) is 14.8. The first kappa shape index (κ1) is 32.7. The highest BCUT2D eigenvalue weighted by Crippen LogP contribution is 2.36. The molecule has 40 heavy (non-hydrogen) atoms. The van der Waals surface area contributed by atoms with Gasteiger partial charge in [-0.05, 0) is 70.1 Å². The van der Waals surface area contributed by atoms with E-state index in [1.165, 1.54) is 0 Å². The highest BCUT2D eigenvalue weighted by Gasteiger charge is 2.52. The topological polar surface area (TPSA) is 129 Å². The Morgan fingerprint density at radius 2 is 1.75 bits per heavy atom. The Bertz CT molecular complexity index is 970. The van der Waals surface area contributed by atoms with Gasteiger partial charge in [0.2, 0.25) is 5.79 Å². The molecule has 3 aliphatic rings. The number of carbonyl (C=O) groups excluding carboxylic acids is 1. The maximum Gasteiger partial charge on any atom is 0.333 e. The van der Waals surface area contributed by atoms with Gasteiger partial charge < -0.3 is 34.6 Å². The maximum atomic E-state index is 12.5. The molecule has 3 rings (SSSR count). The zero-order chi connectivity index (χ0) is 29.6. The van der Waals surface area contributed by atoms with E-state index in [-0.39, 0.29) is 31.2 Å². The van der Waals surface area contributed by atoms with Crippen LogP contribution in [0.4, 0.5) is 0 Å². The summed E-state index contributed by atoms with van der Waals surface area (Å²) in [6.45, 7) is 13.8. The van der Waals surface area contributed by atoms with Gasteiger partial charge in [-0.2, -0.15) is 0 Å². The Balaban J connectivity index is 1.73. The van der Waals surface area contributed by atoms with Gasteiger partial charge in [0.1, 0.15) is 24.9 Å². The molecule has 4 N–H and O–H groups in total. The number of epoxide rings is 1. The lowest BCUT2D eigenvalue weighted by Gasteiger charge is -2.46. The number of carbonyl (C=O) groups is 1. The standard InChI is InChI=1S/C32H50O8/c1-19-12-20(2)14-28-27(39-28)11-9-7-8-10-21(3)31(36)38-18-26-16-24(6)30(35)32(37,40-26)29(34)17-25(33)15-23(5)22(4)13-19/h9-11,13,20,23-30,33-35,37H,1,7-8,12,14-18H2,2-6H3/b11-9+,21-10+,22-13+/t20?,23?,24-,25?,26-,27?,28?,29?,30+,32-/m1/s1. The number of allylic oxidation sites excluding steroid dienone is 5. The zero-order valence-corrected chi connectivity index (χ0v) is 24.8. The van der Waals surface area contributed by atoms with Crippen molar-refractivity contribution in [1.29, 1.82) is 0 Å². The number of fused-ring (bicyclic) bond motifs is 3. The van der Waals surface area contributed by atoms with Crippen molar-refractivity contribution in [2.24, 2.45) is 17.8 Å². The third-order valence-electron chi connectivity index (χ3n) is 8.46. The van der Waals surface area contributed by atoms with Crippen LogP contribution in [0.5, 0.6) is 0 Å². The predicted molar refractivity (Wildman–Crippen MR) is 153 cm³/mol. The van der Waals surface area contributed by atoms with Gasteiger partial charge in [-0.3, -0.25) is 0 Å². The Kier molecular flexibility index (Phi) is 11.8. The van der Waals surface area contributed by atoms with Gasteiger partial charge in [0.05, 0.1) is 18.3 Å². The fourth-order valence-electron chi connectivity index (χ4n) is 5.79. The van der Waals surface area contributed by atoms with E-state index in [1.54, 1.807) is 13.8 Å². The molecular formula is C32H50O8. The van der Waals surface area contributed by atoms with E-state index in [2.05, 4.69) is 31.7 Å². The average Bonchev–Trinajstić information content (AvgIpc) is 3.61. The average molecular weight is 563 g/mol. The monoisotopic (exact) mass is 562 g/mol. The van der Waals surface area contributed by atoms with Crippen molar-refractivity contribution in [2.75, 3.05) is 6.61 Å². The van der Waals surface area contributed by atoms with E-state index < -0.39 is 42.1 Å². The molecule has 2 saturated heterocycles. The number of hydrogen-bond acceptors (Lipinski definition) is 8. The molecule has 0 aliphatic carbocycles. The fourth-order valence-corrected chi connectivity index (χ4v) is 5.79. The van der Waals surface area contributed by atoms with Gasteiger partial charge in [-0.15, -0.1) is 0 Å². The lowest BCUT2D eigenvalue weighted by molar-refractivity contribution is -0.352. The number of hydrogen-bond donors (Lipinski definition) is 4. The summed E-state index contributed by atoms with van der Waals surface area (Å²) in [5.74, 6) is -2.76. The molecule has 0 amide bonds. The molecule has 0 radical (unpaired) electrons. The van der Waals surface area contributed by atoms with Crippen LogP contribution in [0.1, 0.15) is 79.6 Å². The number of rotatable bonds is 0. The van der Waals surface area contributed by atoms with Crippen molar-refractivity contribution in [1.82, 2.24) is 0 Å². The van der Waals surface area contributed by atoms with Gasteiger partial charge in [0.25, 0.3) is 0 Å². The SMILES string of the molecule is C=C1/C=C(\C)C(C)CC(O)CC(O)[C@@]2(O)O[C@@H](COC(=O)/C(C)=C/CC/C=C/C3OC3CC(C)C1)C[C@@H](C)[C@@H]2O. The summed E-state index contributed by atoms with van der Waals surface area (Å²) in [5.41, 5.74) is 2.58. The second-order valence-corrected chi connectivity index (χ2v) is 12.4. The van der Waals surface area contributed by atoms with Crippen molar-refractivity contribution in [3.05, 3.63) is 47.6 Å². The van der Waals surface area contributed by atoms with E-state index in [0.717, 1.165) is 30.4 Å². The second-order valence-electron chi connectivity index (χ2n) is 12.4. The second kappa shape index (κ2) is 14.4. The van der Waals surface area contributed by atoms with Crippen molar-refractivity contribution in [3.63, 3.8) is 0 Å². The molecule has 10 atom stereocenters. The fraction of sp³-hybridized carbons (Fsp3) is 0.719. The summed E-state index contributed by atoms with van der Waals surface area (Å²) in [6.07, 6.45) is 7.70. The van der Waals surface area contributed by atoms with Crippen LogP contribution >= 0.6 is 0 Å². The van der Waals surface area contributed by atoms with E-state index in [1.807, 2.05) is 19.9 Å². The maximum absolute atomic E-state index is 12.5. The molecule has 0 spiro atoms. The molecule has 0 aromatic carbocycles. The number of cyclic esters (lactones) is 1. The van der Waals surface area contributed by atoms with Gasteiger partial charge >= 0.3 is 5.97 Å². The molecule has 0 saturated carbocycles. The summed E-state index contributed by atoms with van der Waals surface area (Å²) < 4.78 is 17.0. The largest absolute Gasteiger partial charge is 0.460 e. The van der Waals surface area contributed by atoms with Crippen molar-refractivity contribution < 1.29 is 39.4 Å². The highest BCUT2D eigenvalue weighted by atomic mass is 16.7. The first-order chi connectivity index (χ1) is 18.8. The number of esters is 1. The minimum Gasteiger partial charge on any atom is -0.460 e. The quantitative estimate of drug-likeness (QED) is 0.197. The molecule has 8 heteroatoms. The van der Waals surface area contributed by atoms with Crippen LogP contribution in [-0.4, -0.2) is 75.4 Å². The Morgan fingerprint density at radius 1 is 1.02 bits per heavy atom. The van der Waals surface area contributed by atoms with Crippen LogP contribution in [0.2, 0.25) is 0 Å². The minimum atomic E-state index is -2.29. The normalized spacial score (nSPS) is 44.9. The van der Waals surface area contributed by atoms with Crippen LogP contribution < -0.4 is 0 Å². The summed E-state index contributed by atoms with van der Waals surface area (Å²) in [6, 6.07) is 0. The third-order valence-corrected chi connectivity index (χ3v) is 8.46. The van der Waals surface area contributed by atoms with Crippen LogP contribution in [0.15, 0.2) is 47.6 Å². The summed E-state index contributed by atoms with van der Waals surface area (Å²) in [7, 11) is 0. The van der Waals surface area contributed by atoms with Crippen molar-refractivity contribution in [3.8, 4) is 0 Å². The Labute approximate surface area is 239 Å². The lowest BCUT2D eigenvalue weighted by atomic mass is 9.83. The summed E-state index contributed by atoms with van der Waals surface area (Å²) in [5, 5.41) is 43.6. The Morgan fingerprint density at radius 3 is 2.48 bits per heavy atom. The van der Waals surface area contributed by atoms with Gasteiger partial charge in [0, 0.05) is 12.0 Å². The van der Waals surface area contributed by atoms with Crippen LogP contribution in [0.3, 0.4) is 0 Å². The van der Waals surface area contributed by atoms with Crippen LogP contribution in [0, 0.1) is 17.8 Å². The lowest BCUT2D eigenvalue weighted by Crippen LogP contribution is -2.62. The first-order valence-corrected chi connectivity index (χ1v) is 14.8. The molecule has 3 aliphatic heterocycles. The molecule has 226 valence electrons. The van der Waals surface area contributed by atoms with Gasteiger partial charge in [-0.1, -0.05) is 62.8 Å². The molecule has 8 nitrogen and oxygen atoms in total. The third kappa shape index (κ3) is 9.10. The van der Waals surface area contributed by atoms with Crippen LogP contribution in [0.25, 0.3) is 0 Å². The van der Waals surface area contributed by atoms with Crippen molar-refractivity contribution >= 4 is 5.97 Å². The van der Waals surface area contributed by atoms with E-state index in [4.69, 9.17) is 14.2 Å². The number of aliphatic hydroxyl groups is 4. The van der Waals surface area contributed by atoms with Crippen LogP contribution in [-0.2, 0) is 19.0 Å². The number of ether oxygens (including phenoxy) is 3. The van der Waals surface area contributed by atoms with E-state index >= 15 is 0 Å². The smallest absolute Gasteiger partial charge is 0.333 e. The van der Waals surface area contributed by atoms with Crippen molar-refractivity contribution in [2.45, 2.75) is 122 Å². The minimum absolute atomic E-state index is 0.0132. The zero-order valence-electron chi connectivity index (χ0n) is 24.8. The predicted octanol–water partition coefficient (Wildman–Crippen LogP) is 4.12. The molecule has 2 bridgehead atoms. The van der Waals surface area contributed by atoms with E-state index in [9.17, 15) is 25.2 Å². The van der Waals surface area contributed by atoms with Gasteiger partial charge in [-0.25, -0.2) is 4.79 Å². The van der Waals surface area contributed by atoms with Gasteiger partial charge in [0.15, 0.2) is 0 Å². The number of aliphatic hydroxyl groups excluding tert-OH is 3. The molecule has 3 heterocycles. The highest BCUT2D eigenvalue weighted by molar-refractivity contribution is 5.87. The molecule has 6 unspecified atom stereocenters. The molecule has 2 fully saturated rings. The summed E-state index contributed by atoms with van der Waals surface area (Å²) >= 11 is 0.